The van der Waals surface area contributed by atoms with E-state index in [0.29, 0.717) is 21.4 Å². The first kappa shape index (κ1) is 20.9. The van der Waals surface area contributed by atoms with Crippen molar-refractivity contribution in [1.82, 2.24) is 4.98 Å². The minimum atomic E-state index is -0.560. The number of carbonyl (C=O) groups is 1. The average molecular weight is 432 g/mol. The molecule has 0 saturated heterocycles. The summed E-state index contributed by atoms with van der Waals surface area (Å²) in [5.41, 5.74) is 10.6. The molecule has 7 nitrogen and oxygen atoms in total. The summed E-state index contributed by atoms with van der Waals surface area (Å²) >= 11 is 7.41. The van der Waals surface area contributed by atoms with Crippen LogP contribution in [-0.2, 0) is 11.3 Å². The molecule has 1 aromatic heterocycles. The highest BCUT2D eigenvalue weighted by Crippen LogP contribution is 2.34. The molecule has 1 heterocycles. The van der Waals surface area contributed by atoms with Gasteiger partial charge in [0.05, 0.1) is 17.1 Å². The van der Waals surface area contributed by atoms with Crippen LogP contribution in [0.15, 0.2) is 36.4 Å². The first-order valence-corrected chi connectivity index (χ1v) is 9.98. The van der Waals surface area contributed by atoms with Gasteiger partial charge in [-0.15, -0.1) is 0 Å². The molecule has 0 radical (unpaired) electrons. The van der Waals surface area contributed by atoms with Crippen LogP contribution in [0.1, 0.15) is 16.8 Å². The number of rotatable bonds is 5. The van der Waals surface area contributed by atoms with Crippen molar-refractivity contribution in [2.24, 2.45) is 5.84 Å². The number of carbonyl (C=O) groups excluding carboxylic acids is 1. The summed E-state index contributed by atoms with van der Waals surface area (Å²) < 4.78 is 5.31. The number of nitrogen functional groups attached to an aromatic ring is 1. The maximum Gasteiger partial charge on any atom is 0.412 e. The Hall–Kier alpha value is -2.81. The van der Waals surface area contributed by atoms with E-state index in [1.807, 2.05) is 38.1 Å². The van der Waals surface area contributed by atoms with E-state index in [2.05, 4.69) is 10.3 Å². The minimum Gasteiger partial charge on any atom is -0.444 e. The van der Waals surface area contributed by atoms with Crippen LogP contribution in [0.5, 0.6) is 0 Å². The highest BCUT2D eigenvalue weighted by molar-refractivity contribution is 7.19. The number of hydrogen-bond acceptors (Lipinski definition) is 7. The maximum absolute atomic E-state index is 12.2. The van der Waals surface area contributed by atoms with Gasteiger partial charge in [0.1, 0.15) is 16.6 Å². The number of amides is 1. The summed E-state index contributed by atoms with van der Waals surface area (Å²) in [5, 5.41) is 6.30. The first-order valence-electron chi connectivity index (χ1n) is 8.79. The van der Waals surface area contributed by atoms with Gasteiger partial charge in [-0.3, -0.25) is 5.32 Å². The monoisotopic (exact) mass is 431 g/mol. The van der Waals surface area contributed by atoms with Crippen LogP contribution >= 0.6 is 22.9 Å². The van der Waals surface area contributed by atoms with Crippen LogP contribution in [0.2, 0.25) is 5.02 Å². The fourth-order valence-electron chi connectivity index (χ4n) is 2.79. The van der Waals surface area contributed by atoms with Gasteiger partial charge < -0.3 is 15.5 Å². The molecule has 0 aliphatic carbocycles. The second-order valence-electron chi connectivity index (χ2n) is 6.60. The second-order valence-corrected chi connectivity index (χ2v) is 8.03. The summed E-state index contributed by atoms with van der Waals surface area (Å²) in [4.78, 5) is 16.8. The Bertz CT molecular complexity index is 1050. The Labute approximate surface area is 178 Å². The molecular formula is C20H22ClN5O2S. The van der Waals surface area contributed by atoms with E-state index in [1.54, 1.807) is 19.2 Å². The lowest BCUT2D eigenvalue weighted by molar-refractivity contribution is 0.155. The molecule has 0 saturated carbocycles. The third-order valence-corrected chi connectivity index (χ3v) is 5.61. The molecule has 0 spiro atoms. The first-order chi connectivity index (χ1) is 13.7. The number of hydrogen-bond donors (Lipinski definition) is 3. The van der Waals surface area contributed by atoms with E-state index in [0.717, 1.165) is 27.4 Å². The highest BCUT2D eigenvalue weighted by Gasteiger charge is 2.14. The summed E-state index contributed by atoms with van der Waals surface area (Å²) in [6.07, 6.45) is -0.560. The number of halogens is 1. The van der Waals surface area contributed by atoms with Gasteiger partial charge in [-0.2, -0.15) is 0 Å². The fourth-order valence-corrected chi connectivity index (χ4v) is 4.06. The van der Waals surface area contributed by atoms with Crippen molar-refractivity contribution < 1.29 is 9.53 Å². The number of aryl methyl sites for hydroxylation is 2. The molecule has 152 valence electrons. The lowest BCUT2D eigenvalue weighted by atomic mass is 10.1. The van der Waals surface area contributed by atoms with E-state index >= 15 is 0 Å². The zero-order valence-electron chi connectivity index (χ0n) is 16.3. The van der Waals surface area contributed by atoms with Crippen molar-refractivity contribution >= 4 is 45.4 Å². The van der Waals surface area contributed by atoms with Gasteiger partial charge >= 0.3 is 6.09 Å². The molecule has 1 amide bonds. The maximum atomic E-state index is 12.2. The number of hydrazine groups is 1. The van der Waals surface area contributed by atoms with Crippen LogP contribution in [0.3, 0.4) is 0 Å². The van der Waals surface area contributed by atoms with Crippen LogP contribution in [0.4, 0.5) is 21.2 Å². The zero-order chi connectivity index (χ0) is 21.1. The molecule has 0 atom stereocenters. The van der Waals surface area contributed by atoms with Crippen molar-refractivity contribution in [1.29, 1.82) is 0 Å². The Morgan fingerprint density at radius 2 is 2.03 bits per heavy atom. The van der Waals surface area contributed by atoms with Crippen molar-refractivity contribution in [3.8, 4) is 10.6 Å². The van der Waals surface area contributed by atoms with Crippen LogP contribution in [-0.4, -0.2) is 18.1 Å². The number of benzene rings is 2. The van der Waals surface area contributed by atoms with Crippen molar-refractivity contribution in [3.63, 3.8) is 0 Å². The fraction of sp³-hybridized carbons (Fsp3) is 0.200. The van der Waals surface area contributed by atoms with Crippen LogP contribution in [0, 0.1) is 13.8 Å². The largest absolute Gasteiger partial charge is 0.444 e. The Kier molecular flexibility index (Phi) is 6.26. The van der Waals surface area contributed by atoms with Gasteiger partial charge in [0, 0.05) is 17.6 Å². The second kappa shape index (κ2) is 8.69. The Morgan fingerprint density at radius 3 is 2.69 bits per heavy atom. The normalized spacial score (nSPS) is 10.7. The lowest BCUT2D eigenvalue weighted by Crippen LogP contribution is -2.26. The Balaban J connectivity index is 1.65. The zero-order valence-corrected chi connectivity index (χ0v) is 17.9. The average Bonchev–Trinajstić information content (AvgIpc) is 2.99. The quantitative estimate of drug-likeness (QED) is 0.306. The van der Waals surface area contributed by atoms with Crippen LogP contribution < -0.4 is 21.9 Å². The van der Waals surface area contributed by atoms with Gasteiger partial charge in [0.2, 0.25) is 0 Å². The number of ether oxygens (including phenoxy) is 1. The SMILES string of the molecule is Cc1cc(Cl)ccc1-c1nc(C)c(NC(=O)OCc2ccc(N(C)N)c(N)c2)s1. The number of nitrogens with zero attached hydrogens (tertiary/aromatic N) is 2. The molecule has 5 N–H and O–H groups in total. The molecule has 0 unspecified atom stereocenters. The van der Waals surface area contributed by atoms with Gasteiger partial charge in [-0.1, -0.05) is 35.1 Å². The molecule has 29 heavy (non-hydrogen) atoms. The van der Waals surface area contributed by atoms with Crippen molar-refractivity contribution in [2.45, 2.75) is 20.5 Å². The number of aromatic nitrogens is 1. The molecule has 0 bridgehead atoms. The molecular weight excluding hydrogens is 410 g/mol. The topological polar surface area (TPSA) is 106 Å². The number of thiazole rings is 1. The van der Waals surface area contributed by atoms with Gasteiger partial charge in [0.15, 0.2) is 0 Å². The van der Waals surface area contributed by atoms with Gasteiger partial charge in [-0.05, 0) is 49.2 Å². The van der Waals surface area contributed by atoms with E-state index in [4.69, 9.17) is 27.9 Å². The van der Waals surface area contributed by atoms with Crippen LogP contribution in [0.25, 0.3) is 10.6 Å². The number of nitrogens with one attached hydrogen (secondary N) is 1. The molecule has 9 heteroatoms. The van der Waals surface area contributed by atoms with E-state index in [-0.39, 0.29) is 6.61 Å². The summed E-state index contributed by atoms with van der Waals surface area (Å²) in [6.45, 7) is 3.90. The van der Waals surface area contributed by atoms with Gasteiger partial charge in [-0.25, -0.2) is 15.6 Å². The molecule has 0 aliphatic heterocycles. The number of nitrogens with two attached hydrogens (primary N) is 2. The predicted octanol–water partition coefficient (Wildman–Crippen LogP) is 4.72. The molecule has 3 rings (SSSR count). The third kappa shape index (κ3) is 4.97. The lowest BCUT2D eigenvalue weighted by Gasteiger charge is -2.15. The molecule has 3 aromatic rings. The van der Waals surface area contributed by atoms with E-state index < -0.39 is 6.09 Å². The molecule has 0 fully saturated rings. The number of anilines is 3. The minimum absolute atomic E-state index is 0.0889. The van der Waals surface area contributed by atoms with E-state index in [9.17, 15) is 4.79 Å². The summed E-state index contributed by atoms with van der Waals surface area (Å²) in [6, 6.07) is 10.9. The summed E-state index contributed by atoms with van der Waals surface area (Å²) in [7, 11) is 1.70. The highest BCUT2D eigenvalue weighted by atomic mass is 35.5. The molecule has 2 aromatic carbocycles. The third-order valence-electron chi connectivity index (χ3n) is 4.27. The van der Waals surface area contributed by atoms with Crippen molar-refractivity contribution in [3.05, 3.63) is 58.2 Å². The summed E-state index contributed by atoms with van der Waals surface area (Å²) in [5.74, 6) is 5.69. The Morgan fingerprint density at radius 1 is 1.28 bits per heavy atom. The van der Waals surface area contributed by atoms with E-state index in [1.165, 1.54) is 16.3 Å². The van der Waals surface area contributed by atoms with Gasteiger partial charge in [0.25, 0.3) is 0 Å². The standard InChI is InChI=1S/C20H22ClN5O2S/c1-11-8-14(21)5-6-15(11)19-24-12(2)18(29-19)25-20(27)28-10-13-4-7-17(26(3)23)16(22)9-13/h4-9H,10,22-23H2,1-3H3,(H,25,27). The van der Waals surface area contributed by atoms with Crippen molar-refractivity contribution in [2.75, 3.05) is 23.1 Å². The predicted molar refractivity (Wildman–Crippen MR) is 119 cm³/mol. The molecule has 0 aliphatic rings. The smallest absolute Gasteiger partial charge is 0.412 e.